The molecule has 1 aliphatic heterocycles. The highest BCUT2D eigenvalue weighted by Crippen LogP contribution is 2.43. The molecule has 2 aromatic carbocycles. The van der Waals surface area contributed by atoms with Crippen molar-refractivity contribution in [1.29, 1.82) is 0 Å². The minimum atomic E-state index is -0.421. The van der Waals surface area contributed by atoms with Crippen molar-refractivity contribution in [3.8, 4) is 17.2 Å². The molecule has 1 amide bonds. The second-order valence-electron chi connectivity index (χ2n) is 6.01. The van der Waals surface area contributed by atoms with Gasteiger partial charge in [-0.3, -0.25) is 4.79 Å². The molecule has 1 heterocycles. The molecular formula is C19H22N2O4. The zero-order valence-corrected chi connectivity index (χ0v) is 14.4. The van der Waals surface area contributed by atoms with Crippen LogP contribution < -0.4 is 25.3 Å². The minimum absolute atomic E-state index is 0.151. The van der Waals surface area contributed by atoms with Crippen molar-refractivity contribution < 1.29 is 19.0 Å². The number of nitrogens with one attached hydrogen (secondary N) is 1. The van der Waals surface area contributed by atoms with Gasteiger partial charge in [0.1, 0.15) is 6.61 Å². The summed E-state index contributed by atoms with van der Waals surface area (Å²) in [5.74, 6) is 1.49. The molecule has 0 spiro atoms. The van der Waals surface area contributed by atoms with Gasteiger partial charge in [-0.15, -0.1) is 0 Å². The lowest BCUT2D eigenvalue weighted by molar-refractivity contribution is -0.119. The first kappa shape index (κ1) is 17.1. The molecule has 0 unspecified atom stereocenters. The minimum Gasteiger partial charge on any atom is -0.485 e. The molecule has 3 rings (SSSR count). The molecule has 2 aromatic rings. The van der Waals surface area contributed by atoms with Crippen LogP contribution in [0, 0.1) is 6.92 Å². The fourth-order valence-corrected chi connectivity index (χ4v) is 2.57. The van der Waals surface area contributed by atoms with Crippen molar-refractivity contribution in [2.45, 2.75) is 33.0 Å². The summed E-state index contributed by atoms with van der Waals surface area (Å²) in [6, 6.07) is 11.4. The molecular weight excluding hydrogens is 320 g/mol. The third-order valence-electron chi connectivity index (χ3n) is 4.23. The zero-order chi connectivity index (χ0) is 17.8. The Morgan fingerprint density at radius 1 is 1.20 bits per heavy atom. The molecule has 0 saturated carbocycles. The first-order chi connectivity index (χ1) is 12.1. The number of carbonyl (C=O) groups is 1. The summed E-state index contributed by atoms with van der Waals surface area (Å²) in [7, 11) is 0. The van der Waals surface area contributed by atoms with Crippen LogP contribution in [0.2, 0.25) is 0 Å². The maximum Gasteiger partial charge on any atom is 0.234 e. The van der Waals surface area contributed by atoms with E-state index in [1.165, 1.54) is 5.56 Å². The predicted molar refractivity (Wildman–Crippen MR) is 93.6 cm³/mol. The topological polar surface area (TPSA) is 82.8 Å². The number of primary amides is 1. The maximum atomic E-state index is 11.1. The highest BCUT2D eigenvalue weighted by molar-refractivity contribution is 5.79. The Balaban J connectivity index is 1.73. The Kier molecular flexibility index (Phi) is 5.09. The van der Waals surface area contributed by atoms with Gasteiger partial charge in [-0.1, -0.05) is 30.3 Å². The smallest absolute Gasteiger partial charge is 0.234 e. The van der Waals surface area contributed by atoms with E-state index >= 15 is 0 Å². The van der Waals surface area contributed by atoms with E-state index in [9.17, 15) is 4.79 Å². The Morgan fingerprint density at radius 3 is 2.72 bits per heavy atom. The third-order valence-corrected chi connectivity index (χ3v) is 4.23. The standard InChI is InChI=1S/C19H22N2O4/c1-12-5-3-4-6-15(12)10-23-16-8-7-14(9-21-13(2)19(20)22)17-18(16)25-11-24-17/h3-8,13,21H,9-11H2,1-2H3,(H2,20,22)/t13-/m0/s1. The number of nitrogens with two attached hydrogens (primary N) is 1. The van der Waals surface area contributed by atoms with Crippen LogP contribution in [-0.4, -0.2) is 18.7 Å². The van der Waals surface area contributed by atoms with Crippen molar-refractivity contribution in [3.63, 3.8) is 0 Å². The fraction of sp³-hybridized carbons (Fsp3) is 0.316. The SMILES string of the molecule is Cc1ccccc1COc1ccc(CN[C@@H](C)C(N)=O)c2c1OCO2. The lowest BCUT2D eigenvalue weighted by Crippen LogP contribution is -2.38. The van der Waals surface area contributed by atoms with E-state index in [0.29, 0.717) is 30.4 Å². The second-order valence-corrected chi connectivity index (χ2v) is 6.01. The summed E-state index contributed by atoms with van der Waals surface area (Å²) < 4.78 is 17.1. The highest BCUT2D eigenvalue weighted by Gasteiger charge is 2.23. The largest absolute Gasteiger partial charge is 0.485 e. The van der Waals surface area contributed by atoms with Crippen LogP contribution >= 0.6 is 0 Å². The Labute approximate surface area is 146 Å². The number of hydrogen-bond donors (Lipinski definition) is 2. The van der Waals surface area contributed by atoms with Crippen molar-refractivity contribution in [2.75, 3.05) is 6.79 Å². The number of hydrogen-bond acceptors (Lipinski definition) is 5. The van der Waals surface area contributed by atoms with Gasteiger partial charge in [-0.05, 0) is 31.0 Å². The molecule has 6 heteroatoms. The van der Waals surface area contributed by atoms with Gasteiger partial charge < -0.3 is 25.3 Å². The van der Waals surface area contributed by atoms with Crippen molar-refractivity contribution >= 4 is 5.91 Å². The van der Waals surface area contributed by atoms with E-state index in [-0.39, 0.29) is 6.79 Å². The molecule has 0 aromatic heterocycles. The number of amides is 1. The van der Waals surface area contributed by atoms with E-state index in [1.54, 1.807) is 6.92 Å². The average molecular weight is 342 g/mol. The molecule has 25 heavy (non-hydrogen) atoms. The van der Waals surface area contributed by atoms with E-state index in [0.717, 1.165) is 11.1 Å². The quantitative estimate of drug-likeness (QED) is 0.806. The number of ether oxygens (including phenoxy) is 3. The normalized spacial score (nSPS) is 13.5. The molecule has 0 saturated heterocycles. The summed E-state index contributed by atoms with van der Waals surface area (Å²) in [6.07, 6.45) is 0. The molecule has 0 aliphatic carbocycles. The summed E-state index contributed by atoms with van der Waals surface area (Å²) in [5.41, 5.74) is 8.46. The van der Waals surface area contributed by atoms with Crippen LogP contribution in [0.4, 0.5) is 0 Å². The molecule has 6 nitrogen and oxygen atoms in total. The first-order valence-electron chi connectivity index (χ1n) is 8.17. The summed E-state index contributed by atoms with van der Waals surface area (Å²) in [6.45, 7) is 4.84. The average Bonchev–Trinajstić information content (AvgIpc) is 3.09. The molecule has 0 bridgehead atoms. The predicted octanol–water partition coefficient (Wildman–Crippen LogP) is 2.27. The van der Waals surface area contributed by atoms with Crippen LogP contribution in [0.3, 0.4) is 0 Å². The van der Waals surface area contributed by atoms with Gasteiger partial charge in [-0.2, -0.15) is 0 Å². The van der Waals surface area contributed by atoms with Gasteiger partial charge in [0.2, 0.25) is 18.4 Å². The molecule has 132 valence electrons. The number of benzene rings is 2. The third kappa shape index (κ3) is 3.85. The van der Waals surface area contributed by atoms with Gasteiger partial charge in [0, 0.05) is 12.1 Å². The van der Waals surface area contributed by atoms with Crippen LogP contribution in [0.1, 0.15) is 23.6 Å². The molecule has 0 radical (unpaired) electrons. The summed E-state index contributed by atoms with van der Waals surface area (Å²) in [5, 5.41) is 3.06. The number of aryl methyl sites for hydroxylation is 1. The monoisotopic (exact) mass is 342 g/mol. The van der Waals surface area contributed by atoms with E-state index in [4.69, 9.17) is 19.9 Å². The molecule has 3 N–H and O–H groups in total. The van der Waals surface area contributed by atoms with Crippen molar-refractivity contribution in [2.24, 2.45) is 5.73 Å². The summed E-state index contributed by atoms with van der Waals surface area (Å²) >= 11 is 0. The lowest BCUT2D eigenvalue weighted by atomic mass is 10.1. The Hall–Kier alpha value is -2.73. The number of fused-ring (bicyclic) bond motifs is 1. The first-order valence-corrected chi connectivity index (χ1v) is 8.17. The fourth-order valence-electron chi connectivity index (χ4n) is 2.57. The van der Waals surface area contributed by atoms with Crippen LogP contribution in [0.5, 0.6) is 17.2 Å². The van der Waals surface area contributed by atoms with Crippen molar-refractivity contribution in [3.05, 3.63) is 53.1 Å². The number of rotatable bonds is 7. The van der Waals surface area contributed by atoms with Crippen LogP contribution in [0.15, 0.2) is 36.4 Å². The van der Waals surface area contributed by atoms with E-state index in [1.807, 2.05) is 30.3 Å². The number of carbonyl (C=O) groups excluding carboxylic acids is 1. The van der Waals surface area contributed by atoms with E-state index in [2.05, 4.69) is 18.3 Å². The van der Waals surface area contributed by atoms with Gasteiger partial charge in [0.15, 0.2) is 11.5 Å². The lowest BCUT2D eigenvalue weighted by Gasteiger charge is -2.14. The molecule has 1 aliphatic rings. The summed E-state index contributed by atoms with van der Waals surface area (Å²) in [4.78, 5) is 11.1. The Bertz CT molecular complexity index is 776. The second kappa shape index (κ2) is 7.44. The Morgan fingerprint density at radius 2 is 1.96 bits per heavy atom. The van der Waals surface area contributed by atoms with Crippen molar-refractivity contribution in [1.82, 2.24) is 5.32 Å². The highest BCUT2D eigenvalue weighted by atomic mass is 16.7. The maximum absolute atomic E-state index is 11.1. The van der Waals surface area contributed by atoms with E-state index < -0.39 is 11.9 Å². The van der Waals surface area contributed by atoms with Gasteiger partial charge in [-0.25, -0.2) is 0 Å². The van der Waals surface area contributed by atoms with Crippen LogP contribution in [0.25, 0.3) is 0 Å². The molecule has 0 fully saturated rings. The van der Waals surface area contributed by atoms with Gasteiger partial charge >= 0.3 is 0 Å². The van der Waals surface area contributed by atoms with Gasteiger partial charge in [0.05, 0.1) is 6.04 Å². The molecule has 1 atom stereocenters. The van der Waals surface area contributed by atoms with Crippen LogP contribution in [-0.2, 0) is 17.9 Å². The zero-order valence-electron chi connectivity index (χ0n) is 14.4. The van der Waals surface area contributed by atoms with Gasteiger partial charge in [0.25, 0.3) is 0 Å².